The van der Waals surface area contributed by atoms with Crippen LogP contribution in [-0.2, 0) is 21.7 Å². The maximum absolute atomic E-state index is 2.64. The van der Waals surface area contributed by atoms with Gasteiger partial charge in [0.05, 0.1) is 0 Å². The average Bonchev–Trinajstić information content (AvgIpc) is 3.85. The summed E-state index contributed by atoms with van der Waals surface area (Å²) < 4.78 is 0. The number of rotatable bonds is 4. The van der Waals surface area contributed by atoms with Gasteiger partial charge >= 0.3 is 0 Å². The van der Waals surface area contributed by atoms with Gasteiger partial charge in [-0.1, -0.05) is 126 Å². The summed E-state index contributed by atoms with van der Waals surface area (Å²) in [5.41, 5.74) is 19.2. The molecule has 0 saturated heterocycles. The minimum atomic E-state index is -0.0690. The topological polar surface area (TPSA) is 3.24 Å². The van der Waals surface area contributed by atoms with Crippen molar-refractivity contribution in [2.24, 2.45) is 29.1 Å². The molecule has 2 spiro atoms. The summed E-state index contributed by atoms with van der Waals surface area (Å²) in [6.07, 6.45) is 8.30. The second-order valence-corrected chi connectivity index (χ2v) is 22.7. The third-order valence-electron chi connectivity index (χ3n) is 17.9. The maximum Gasteiger partial charge on any atom is 0.0465 e. The summed E-state index contributed by atoms with van der Waals surface area (Å²) in [6, 6.07) is 50.2. The van der Waals surface area contributed by atoms with E-state index in [1.54, 1.807) is 11.1 Å². The molecule has 6 unspecified atom stereocenters. The molecule has 0 radical (unpaired) electrons. The van der Waals surface area contributed by atoms with Crippen molar-refractivity contribution in [3.8, 4) is 22.3 Å². The first-order valence-corrected chi connectivity index (χ1v) is 23.4. The van der Waals surface area contributed by atoms with E-state index in [-0.39, 0.29) is 21.7 Å². The molecule has 0 aromatic heterocycles. The number of hydrogen-bond acceptors (Lipinski definition) is 2. The lowest BCUT2D eigenvalue weighted by Gasteiger charge is -2.78. The summed E-state index contributed by atoms with van der Waals surface area (Å²) in [7, 11) is 0. The Labute approximate surface area is 355 Å². The van der Waals surface area contributed by atoms with Gasteiger partial charge in [0.15, 0.2) is 0 Å². The van der Waals surface area contributed by atoms with Gasteiger partial charge in [0.2, 0.25) is 0 Å². The molecule has 6 aromatic carbocycles. The molecule has 7 aliphatic rings. The predicted molar refractivity (Wildman–Crippen MR) is 246 cm³/mol. The molecule has 4 fully saturated rings. The number of anilines is 3. The Balaban J connectivity index is 0.928. The Kier molecular flexibility index (Phi) is 6.83. The highest BCUT2D eigenvalue weighted by Crippen LogP contribution is 2.89. The van der Waals surface area contributed by atoms with Gasteiger partial charge in [0.25, 0.3) is 0 Å². The zero-order valence-electron chi connectivity index (χ0n) is 35.5. The summed E-state index contributed by atoms with van der Waals surface area (Å²) in [6.45, 7) is 14.6. The molecule has 2 bridgehead atoms. The Morgan fingerprint density at radius 2 is 1.12 bits per heavy atom. The van der Waals surface area contributed by atoms with Gasteiger partial charge in [-0.2, -0.15) is 0 Å². The normalized spacial score (nSPS) is 29.6. The molecule has 1 nitrogen and oxygen atoms in total. The van der Waals surface area contributed by atoms with Crippen LogP contribution in [0.15, 0.2) is 137 Å². The summed E-state index contributed by atoms with van der Waals surface area (Å²) in [5.74, 6) is 3.56. The molecule has 1 aliphatic heterocycles. The fraction of sp³-hybridized carbons (Fsp3) is 0.368. The molecule has 6 atom stereocenters. The van der Waals surface area contributed by atoms with E-state index in [9.17, 15) is 0 Å². The van der Waals surface area contributed by atoms with Crippen molar-refractivity contribution in [3.63, 3.8) is 0 Å². The van der Waals surface area contributed by atoms with Gasteiger partial charge in [-0.25, -0.2) is 0 Å². The van der Waals surface area contributed by atoms with Crippen LogP contribution in [0, 0.1) is 29.1 Å². The van der Waals surface area contributed by atoms with Crippen LogP contribution >= 0.6 is 11.8 Å². The fourth-order valence-corrected chi connectivity index (χ4v) is 16.3. The van der Waals surface area contributed by atoms with E-state index in [1.165, 1.54) is 110 Å². The largest absolute Gasteiger partial charge is 0.310 e. The molecule has 59 heavy (non-hydrogen) atoms. The fourth-order valence-electron chi connectivity index (χ4n) is 15.1. The first kappa shape index (κ1) is 35.2. The third kappa shape index (κ3) is 4.35. The van der Waals surface area contributed by atoms with E-state index in [2.05, 4.69) is 174 Å². The Morgan fingerprint density at radius 1 is 0.492 bits per heavy atom. The Hall–Kier alpha value is -4.53. The zero-order valence-corrected chi connectivity index (χ0v) is 36.3. The van der Waals surface area contributed by atoms with E-state index in [4.69, 9.17) is 0 Å². The van der Waals surface area contributed by atoms with Crippen LogP contribution < -0.4 is 4.90 Å². The molecule has 294 valence electrons. The molecule has 6 aromatic rings. The summed E-state index contributed by atoms with van der Waals surface area (Å²) in [5, 5.41) is 0. The molecule has 0 amide bonds. The third-order valence-corrected chi connectivity index (χ3v) is 19.0. The van der Waals surface area contributed by atoms with Crippen LogP contribution in [-0.4, -0.2) is 0 Å². The first-order chi connectivity index (χ1) is 28.4. The van der Waals surface area contributed by atoms with E-state index >= 15 is 0 Å². The van der Waals surface area contributed by atoms with E-state index in [0.29, 0.717) is 5.41 Å². The van der Waals surface area contributed by atoms with Gasteiger partial charge in [0.1, 0.15) is 0 Å². The van der Waals surface area contributed by atoms with Crippen LogP contribution in [0.4, 0.5) is 17.1 Å². The lowest BCUT2D eigenvalue weighted by atomic mass is 9.26. The second-order valence-electron chi connectivity index (χ2n) is 21.7. The molecule has 1 heterocycles. The van der Waals surface area contributed by atoms with Crippen molar-refractivity contribution in [1.29, 1.82) is 0 Å². The van der Waals surface area contributed by atoms with Crippen molar-refractivity contribution in [1.82, 2.24) is 0 Å². The highest BCUT2D eigenvalue weighted by atomic mass is 32.2. The minimum Gasteiger partial charge on any atom is -0.310 e. The molecular formula is C57H55NS. The summed E-state index contributed by atoms with van der Waals surface area (Å²) >= 11 is 2.02. The number of fused-ring (bicyclic) bond motifs is 11. The monoisotopic (exact) mass is 785 g/mol. The smallest absolute Gasteiger partial charge is 0.0465 e. The molecule has 2 heteroatoms. The SMILES string of the molecule is CC1(C)CCC(C)(C)c2cc(N(c3ccc(-c4ccc5c(c4)C4(c6ccccc6S5)C5CC6CC7CC4C75C6)cc3)c3ccc4c(c3)C(C)(C)c3ccccc3-4)ccc21. The molecule has 4 saturated carbocycles. The molecule has 6 aliphatic carbocycles. The van der Waals surface area contributed by atoms with E-state index < -0.39 is 0 Å². The maximum atomic E-state index is 2.64. The quantitative estimate of drug-likeness (QED) is 0.175. The number of hydrogen-bond donors (Lipinski definition) is 0. The molecule has 0 N–H and O–H groups in total. The van der Waals surface area contributed by atoms with Crippen molar-refractivity contribution >= 4 is 28.8 Å². The standard InChI is InChI=1S/C57H55NS/c1-53(2)25-26-54(3,4)47-32-40(21-23-44(47)53)58(39-20-22-42-41-11-7-8-12-43(41)55(5,6)46(42)31-39)38-18-15-35(16-19-38)36-17-24-50-48(29-36)57(45-13-9-10-14-49(45)59-50)51-28-34-27-37-30-52(57)56(37,51)33-34/h7-24,29,31-32,34,37,51-52H,25-28,30,33H2,1-6H3. The van der Waals surface area contributed by atoms with Crippen LogP contribution in [0.3, 0.4) is 0 Å². The van der Waals surface area contributed by atoms with Gasteiger partial charge in [0, 0.05) is 37.7 Å². The van der Waals surface area contributed by atoms with Crippen LogP contribution in [0.1, 0.15) is 113 Å². The average molecular weight is 786 g/mol. The number of nitrogens with zero attached hydrogens (tertiary/aromatic N) is 1. The van der Waals surface area contributed by atoms with Crippen molar-refractivity contribution in [2.75, 3.05) is 4.90 Å². The minimum absolute atomic E-state index is 0.0690. The zero-order chi connectivity index (χ0) is 39.8. The van der Waals surface area contributed by atoms with Crippen molar-refractivity contribution in [2.45, 2.75) is 112 Å². The van der Waals surface area contributed by atoms with Gasteiger partial charge in [-0.3, -0.25) is 0 Å². The van der Waals surface area contributed by atoms with Crippen molar-refractivity contribution < 1.29 is 0 Å². The van der Waals surface area contributed by atoms with E-state index in [0.717, 1.165) is 23.7 Å². The van der Waals surface area contributed by atoms with Crippen LogP contribution in [0.5, 0.6) is 0 Å². The first-order valence-electron chi connectivity index (χ1n) is 22.6. The van der Waals surface area contributed by atoms with Crippen LogP contribution in [0.2, 0.25) is 0 Å². The Morgan fingerprint density at radius 3 is 1.92 bits per heavy atom. The second kappa shape index (κ2) is 11.4. The van der Waals surface area contributed by atoms with Crippen LogP contribution in [0.25, 0.3) is 22.3 Å². The Bertz CT molecular complexity index is 2790. The molecule has 13 rings (SSSR count). The lowest BCUT2D eigenvalue weighted by molar-refractivity contribution is -0.235. The lowest BCUT2D eigenvalue weighted by Crippen LogP contribution is -2.74. The van der Waals surface area contributed by atoms with Gasteiger partial charge in [-0.15, -0.1) is 0 Å². The van der Waals surface area contributed by atoms with Crippen molar-refractivity contribution in [3.05, 3.63) is 161 Å². The van der Waals surface area contributed by atoms with Gasteiger partial charge < -0.3 is 4.90 Å². The highest BCUT2D eigenvalue weighted by molar-refractivity contribution is 7.99. The number of benzene rings is 6. The molecular weight excluding hydrogens is 731 g/mol. The highest BCUT2D eigenvalue weighted by Gasteiger charge is 2.84. The predicted octanol–water partition coefficient (Wildman–Crippen LogP) is 15.3. The van der Waals surface area contributed by atoms with Gasteiger partial charge in [-0.05, 0) is 189 Å². The van der Waals surface area contributed by atoms with E-state index in [1.807, 2.05) is 11.8 Å². The summed E-state index contributed by atoms with van der Waals surface area (Å²) in [4.78, 5) is 5.54.